The molecule has 0 N–H and O–H groups in total. The minimum atomic E-state index is -0.471. The zero-order chi connectivity index (χ0) is 12.8. The van der Waals surface area contributed by atoms with Crippen molar-refractivity contribution >= 4 is 17.7 Å². The molecule has 2 rings (SSSR count). The standard InChI is InChI=1S/C16H10ClF/c17-15-9-6-14(7-10-15)12-16(18)11-8-13-4-2-1-3-5-13/h1-7,9-10,12H/b16-12+. The molecular formula is C16H10ClF. The van der Waals surface area contributed by atoms with Crippen molar-refractivity contribution in [1.29, 1.82) is 0 Å². The highest BCUT2D eigenvalue weighted by molar-refractivity contribution is 6.30. The summed E-state index contributed by atoms with van der Waals surface area (Å²) < 4.78 is 13.5. The van der Waals surface area contributed by atoms with Crippen LogP contribution in [0.25, 0.3) is 6.08 Å². The first kappa shape index (κ1) is 12.4. The van der Waals surface area contributed by atoms with E-state index in [1.165, 1.54) is 6.08 Å². The van der Waals surface area contributed by atoms with Gasteiger partial charge in [0.25, 0.3) is 0 Å². The van der Waals surface area contributed by atoms with E-state index in [1.54, 1.807) is 24.3 Å². The van der Waals surface area contributed by atoms with Gasteiger partial charge in [0, 0.05) is 10.6 Å². The fourth-order valence-corrected chi connectivity index (χ4v) is 1.52. The minimum absolute atomic E-state index is 0.471. The van der Waals surface area contributed by atoms with Crippen LogP contribution in [-0.2, 0) is 0 Å². The third kappa shape index (κ3) is 3.76. The van der Waals surface area contributed by atoms with Crippen LogP contribution >= 0.6 is 11.6 Å². The van der Waals surface area contributed by atoms with E-state index in [4.69, 9.17) is 11.6 Å². The Morgan fingerprint density at radius 1 is 1.00 bits per heavy atom. The lowest BCUT2D eigenvalue weighted by Gasteiger charge is -1.92. The Hall–Kier alpha value is -2.04. The van der Waals surface area contributed by atoms with E-state index in [9.17, 15) is 4.39 Å². The third-order valence-corrected chi connectivity index (χ3v) is 2.52. The molecule has 0 atom stereocenters. The third-order valence-electron chi connectivity index (χ3n) is 2.26. The monoisotopic (exact) mass is 256 g/mol. The van der Waals surface area contributed by atoms with Crippen LogP contribution in [0.4, 0.5) is 4.39 Å². The summed E-state index contributed by atoms with van der Waals surface area (Å²) >= 11 is 5.75. The first-order valence-electron chi connectivity index (χ1n) is 5.44. The van der Waals surface area contributed by atoms with Crippen molar-refractivity contribution in [3.05, 3.63) is 76.6 Å². The summed E-state index contributed by atoms with van der Waals surface area (Å²) in [5, 5.41) is 0.628. The minimum Gasteiger partial charge on any atom is -0.197 e. The molecule has 2 heteroatoms. The molecule has 0 spiro atoms. The molecule has 0 aliphatic rings. The highest BCUT2D eigenvalue weighted by Gasteiger charge is 1.92. The average Bonchev–Trinajstić information content (AvgIpc) is 2.40. The van der Waals surface area contributed by atoms with Crippen LogP contribution in [0.3, 0.4) is 0 Å². The van der Waals surface area contributed by atoms with Gasteiger partial charge in [-0.1, -0.05) is 47.9 Å². The Balaban J connectivity index is 2.15. The number of halogens is 2. The second kappa shape index (κ2) is 6.05. The summed E-state index contributed by atoms with van der Waals surface area (Å²) in [5.74, 6) is 4.76. The maximum absolute atomic E-state index is 13.5. The molecule has 0 heterocycles. The average molecular weight is 257 g/mol. The topological polar surface area (TPSA) is 0 Å². The second-order valence-electron chi connectivity index (χ2n) is 3.66. The smallest absolute Gasteiger partial charge is 0.174 e. The summed E-state index contributed by atoms with van der Waals surface area (Å²) in [6, 6.07) is 16.2. The Labute approximate surface area is 111 Å². The lowest BCUT2D eigenvalue weighted by molar-refractivity contribution is 0.683. The second-order valence-corrected chi connectivity index (χ2v) is 4.10. The van der Waals surface area contributed by atoms with Crippen LogP contribution < -0.4 is 0 Å². The van der Waals surface area contributed by atoms with E-state index in [0.29, 0.717) is 5.02 Å². The predicted molar refractivity (Wildman–Crippen MR) is 73.9 cm³/mol. The van der Waals surface area contributed by atoms with Crippen molar-refractivity contribution in [1.82, 2.24) is 0 Å². The normalized spacial score (nSPS) is 10.7. The summed E-state index contributed by atoms with van der Waals surface area (Å²) in [5.41, 5.74) is 1.52. The van der Waals surface area contributed by atoms with Gasteiger partial charge in [0.15, 0.2) is 5.83 Å². The summed E-state index contributed by atoms with van der Waals surface area (Å²) in [4.78, 5) is 0. The van der Waals surface area contributed by atoms with Gasteiger partial charge in [-0.2, -0.15) is 4.39 Å². The van der Waals surface area contributed by atoms with Crippen molar-refractivity contribution in [2.45, 2.75) is 0 Å². The summed E-state index contributed by atoms with van der Waals surface area (Å²) in [6.45, 7) is 0. The highest BCUT2D eigenvalue weighted by atomic mass is 35.5. The van der Waals surface area contributed by atoms with Gasteiger partial charge in [0.2, 0.25) is 0 Å². The molecule has 0 saturated carbocycles. The summed E-state index contributed by atoms with van der Waals surface area (Å²) in [7, 11) is 0. The molecule has 2 aromatic carbocycles. The van der Waals surface area contributed by atoms with Crippen molar-refractivity contribution in [2.24, 2.45) is 0 Å². The fraction of sp³-hybridized carbons (Fsp3) is 0. The Morgan fingerprint density at radius 3 is 2.33 bits per heavy atom. The van der Waals surface area contributed by atoms with E-state index in [0.717, 1.165) is 11.1 Å². The van der Waals surface area contributed by atoms with Crippen LogP contribution in [0, 0.1) is 11.8 Å². The van der Waals surface area contributed by atoms with Crippen molar-refractivity contribution in [3.63, 3.8) is 0 Å². The van der Waals surface area contributed by atoms with Crippen LogP contribution in [0.1, 0.15) is 11.1 Å². The van der Waals surface area contributed by atoms with Crippen molar-refractivity contribution in [3.8, 4) is 11.8 Å². The van der Waals surface area contributed by atoms with Crippen LogP contribution in [0.2, 0.25) is 5.02 Å². The molecule has 0 aliphatic heterocycles. The van der Waals surface area contributed by atoms with E-state index in [2.05, 4.69) is 11.8 Å². The molecule has 0 nitrogen and oxygen atoms in total. The van der Waals surface area contributed by atoms with Crippen molar-refractivity contribution in [2.75, 3.05) is 0 Å². The molecule has 0 radical (unpaired) electrons. The SMILES string of the molecule is F/C(C#Cc1ccccc1)=C/c1ccc(Cl)cc1. The van der Waals surface area contributed by atoms with Gasteiger partial charge < -0.3 is 0 Å². The predicted octanol–water partition coefficient (Wildman–Crippen LogP) is 4.70. The van der Waals surface area contributed by atoms with Gasteiger partial charge in [-0.15, -0.1) is 0 Å². The Morgan fingerprint density at radius 2 is 1.67 bits per heavy atom. The number of hydrogen-bond donors (Lipinski definition) is 0. The van der Waals surface area contributed by atoms with E-state index in [1.807, 2.05) is 30.3 Å². The zero-order valence-electron chi connectivity index (χ0n) is 9.53. The molecule has 2 aromatic rings. The van der Waals surface area contributed by atoms with Crippen LogP contribution in [0.5, 0.6) is 0 Å². The maximum Gasteiger partial charge on any atom is 0.174 e. The first-order chi connectivity index (χ1) is 8.74. The van der Waals surface area contributed by atoms with E-state index >= 15 is 0 Å². The molecule has 0 unspecified atom stereocenters. The molecule has 0 fully saturated rings. The summed E-state index contributed by atoms with van der Waals surface area (Å²) in [6.07, 6.45) is 1.38. The quantitative estimate of drug-likeness (QED) is 0.649. The Kier molecular flexibility index (Phi) is 4.17. The molecule has 0 saturated heterocycles. The van der Waals surface area contributed by atoms with Crippen molar-refractivity contribution < 1.29 is 4.39 Å². The number of hydrogen-bond acceptors (Lipinski definition) is 0. The Bertz CT molecular complexity index is 601. The largest absolute Gasteiger partial charge is 0.197 e. The van der Waals surface area contributed by atoms with Gasteiger partial charge >= 0.3 is 0 Å². The molecular weight excluding hydrogens is 247 g/mol. The maximum atomic E-state index is 13.5. The van der Waals surface area contributed by atoms with E-state index in [-0.39, 0.29) is 0 Å². The molecule has 0 aromatic heterocycles. The molecule has 18 heavy (non-hydrogen) atoms. The molecule has 0 bridgehead atoms. The number of rotatable bonds is 1. The molecule has 88 valence electrons. The van der Waals surface area contributed by atoms with Gasteiger partial charge in [0.05, 0.1) is 0 Å². The van der Waals surface area contributed by atoms with Crippen LogP contribution in [-0.4, -0.2) is 0 Å². The lowest BCUT2D eigenvalue weighted by atomic mass is 10.2. The zero-order valence-corrected chi connectivity index (χ0v) is 10.3. The number of benzene rings is 2. The highest BCUT2D eigenvalue weighted by Crippen LogP contribution is 2.12. The number of allylic oxidation sites excluding steroid dienone is 1. The molecule has 0 aliphatic carbocycles. The lowest BCUT2D eigenvalue weighted by Crippen LogP contribution is -1.74. The van der Waals surface area contributed by atoms with Gasteiger partial charge in [-0.25, -0.2) is 0 Å². The molecule has 0 amide bonds. The van der Waals surface area contributed by atoms with Gasteiger partial charge in [0.1, 0.15) is 0 Å². The van der Waals surface area contributed by atoms with Gasteiger partial charge in [-0.3, -0.25) is 0 Å². The van der Waals surface area contributed by atoms with Gasteiger partial charge in [-0.05, 0) is 41.8 Å². The fourth-order valence-electron chi connectivity index (χ4n) is 1.39. The first-order valence-corrected chi connectivity index (χ1v) is 5.82. The van der Waals surface area contributed by atoms with Crippen LogP contribution in [0.15, 0.2) is 60.4 Å². The van der Waals surface area contributed by atoms with E-state index < -0.39 is 5.83 Å².